The summed E-state index contributed by atoms with van der Waals surface area (Å²) in [6.45, 7) is 9.85. The molecule has 156 valence electrons. The van der Waals surface area contributed by atoms with Crippen LogP contribution in [0.25, 0.3) is 6.08 Å². The molecule has 1 aliphatic heterocycles. The molecular weight excluding hydrogens is 417 g/mol. The summed E-state index contributed by atoms with van der Waals surface area (Å²) in [6, 6.07) is 12.9. The van der Waals surface area contributed by atoms with Crippen LogP contribution in [0.2, 0.25) is 10.0 Å². The quantitative estimate of drug-likeness (QED) is 0.426. The van der Waals surface area contributed by atoms with Crippen molar-refractivity contribution in [2.45, 2.75) is 45.6 Å². The number of benzene rings is 2. The van der Waals surface area contributed by atoms with Gasteiger partial charge in [0.05, 0.1) is 10.7 Å². The molecule has 4 nitrogen and oxygen atoms in total. The Morgan fingerprint density at radius 1 is 1.30 bits per heavy atom. The van der Waals surface area contributed by atoms with Gasteiger partial charge in [-0.1, -0.05) is 36.2 Å². The number of anilines is 2. The van der Waals surface area contributed by atoms with Crippen LogP contribution >= 0.6 is 23.2 Å². The number of hydrogen-bond donors (Lipinski definition) is 1. The second kappa shape index (κ2) is 8.71. The fourth-order valence-corrected chi connectivity index (χ4v) is 4.75. The predicted octanol–water partition coefficient (Wildman–Crippen LogP) is 6.65. The third-order valence-corrected chi connectivity index (χ3v) is 6.13. The first-order valence-corrected chi connectivity index (χ1v) is 10.7. The summed E-state index contributed by atoms with van der Waals surface area (Å²) in [5.41, 5.74) is 3.79. The van der Waals surface area contributed by atoms with E-state index < -0.39 is 5.91 Å². The zero-order chi connectivity index (χ0) is 22.1. The number of halogens is 2. The minimum Gasteiger partial charge on any atom is -0.366 e. The number of fused-ring (bicyclic) bond motifs is 1. The second-order valence-electron chi connectivity index (χ2n) is 8.23. The van der Waals surface area contributed by atoms with Crippen molar-refractivity contribution >= 4 is 46.6 Å². The van der Waals surface area contributed by atoms with Gasteiger partial charge in [-0.25, -0.2) is 0 Å². The van der Waals surface area contributed by atoms with Gasteiger partial charge in [-0.05, 0) is 80.6 Å². The average Bonchev–Trinajstić information content (AvgIpc) is 2.68. The molecule has 6 heteroatoms. The number of hydrogen-bond acceptors (Lipinski definition) is 3. The largest absolute Gasteiger partial charge is 0.366 e. The number of carbonyl (C=O) groups is 1. The van der Waals surface area contributed by atoms with Crippen molar-refractivity contribution in [1.29, 1.82) is 5.26 Å². The van der Waals surface area contributed by atoms with Gasteiger partial charge in [-0.3, -0.25) is 4.79 Å². The summed E-state index contributed by atoms with van der Waals surface area (Å²) >= 11 is 12.0. The molecule has 0 aliphatic carbocycles. The second-order valence-corrected chi connectivity index (χ2v) is 9.07. The number of nitrogens with one attached hydrogen (secondary N) is 1. The highest BCUT2D eigenvalue weighted by Gasteiger charge is 2.35. The van der Waals surface area contributed by atoms with Gasteiger partial charge in [0.15, 0.2) is 0 Å². The molecule has 2 aromatic carbocycles. The van der Waals surface area contributed by atoms with Crippen LogP contribution in [0.3, 0.4) is 0 Å². The van der Waals surface area contributed by atoms with Gasteiger partial charge in [0, 0.05) is 22.8 Å². The van der Waals surface area contributed by atoms with Crippen molar-refractivity contribution < 1.29 is 4.79 Å². The highest BCUT2D eigenvalue weighted by molar-refractivity contribution is 6.36. The number of carbonyl (C=O) groups excluding carboxylic acids is 1. The van der Waals surface area contributed by atoms with Crippen LogP contribution in [0.5, 0.6) is 0 Å². The Kier molecular flexibility index (Phi) is 6.45. The minimum absolute atomic E-state index is 0.0112. The molecule has 1 heterocycles. The molecule has 1 N–H and O–H groups in total. The van der Waals surface area contributed by atoms with Crippen molar-refractivity contribution in [2.24, 2.45) is 0 Å². The zero-order valence-electron chi connectivity index (χ0n) is 17.6. The maximum atomic E-state index is 12.6. The summed E-state index contributed by atoms with van der Waals surface area (Å²) in [5.74, 6) is -0.123. The normalized spacial score (nSPS) is 17.8. The molecule has 0 saturated carbocycles. The van der Waals surface area contributed by atoms with E-state index in [0.29, 0.717) is 21.7 Å². The highest BCUT2D eigenvalue weighted by atomic mass is 35.5. The van der Waals surface area contributed by atoms with E-state index in [0.717, 1.165) is 18.5 Å². The number of rotatable bonds is 4. The van der Waals surface area contributed by atoms with Gasteiger partial charge in [-0.2, -0.15) is 5.26 Å². The van der Waals surface area contributed by atoms with Crippen LogP contribution in [0.1, 0.15) is 51.2 Å². The molecule has 0 bridgehead atoms. The molecule has 0 aromatic heterocycles. The van der Waals surface area contributed by atoms with E-state index in [9.17, 15) is 10.1 Å². The maximum Gasteiger partial charge on any atom is 0.266 e. The van der Waals surface area contributed by atoms with Crippen molar-refractivity contribution in [3.05, 3.63) is 63.1 Å². The Balaban J connectivity index is 1.91. The molecule has 30 heavy (non-hydrogen) atoms. The van der Waals surface area contributed by atoms with Gasteiger partial charge in [0.1, 0.15) is 11.6 Å². The molecule has 3 rings (SSSR count). The van der Waals surface area contributed by atoms with Crippen LogP contribution in [0.15, 0.2) is 42.0 Å². The van der Waals surface area contributed by atoms with E-state index in [1.165, 1.54) is 11.3 Å². The first kappa shape index (κ1) is 22.2. The Labute approximate surface area is 188 Å². The Morgan fingerprint density at radius 3 is 2.67 bits per heavy atom. The zero-order valence-corrected chi connectivity index (χ0v) is 19.1. The molecule has 0 fully saturated rings. The SMILES string of the molecule is CCN1c2ccc(/C=C(/C#N)C(=O)Nc3ccc(Cl)cc3Cl)cc2[C@H](C)CC1(C)C. The third kappa shape index (κ3) is 4.48. The lowest BCUT2D eigenvalue weighted by molar-refractivity contribution is -0.112. The molecule has 1 aliphatic rings. The monoisotopic (exact) mass is 441 g/mol. The molecule has 0 unspecified atom stereocenters. The van der Waals surface area contributed by atoms with E-state index in [2.05, 4.69) is 50.0 Å². The predicted molar refractivity (Wildman–Crippen MR) is 125 cm³/mol. The fraction of sp³-hybridized carbons (Fsp3) is 0.333. The van der Waals surface area contributed by atoms with Crippen molar-refractivity contribution in [1.82, 2.24) is 0 Å². The van der Waals surface area contributed by atoms with Gasteiger partial charge in [0.2, 0.25) is 0 Å². The van der Waals surface area contributed by atoms with E-state index in [4.69, 9.17) is 23.2 Å². The van der Waals surface area contributed by atoms with Crippen molar-refractivity contribution in [2.75, 3.05) is 16.8 Å². The molecule has 0 radical (unpaired) electrons. The standard InChI is InChI=1S/C24H25Cl2N3O/c1-5-29-22-9-6-16(11-19(22)15(2)13-24(29,3)4)10-17(14-27)23(30)28-21-8-7-18(25)12-20(21)26/h6-12,15H,5,13H2,1-4H3,(H,28,30)/b17-10-/t15-/m1/s1. The molecule has 0 spiro atoms. The van der Waals surface area contributed by atoms with Gasteiger partial charge in [0.25, 0.3) is 5.91 Å². The van der Waals surface area contributed by atoms with Crippen molar-refractivity contribution in [3.8, 4) is 6.07 Å². The van der Waals surface area contributed by atoms with Gasteiger partial charge in [-0.15, -0.1) is 0 Å². The summed E-state index contributed by atoms with van der Waals surface area (Å²) in [4.78, 5) is 15.0. The van der Waals surface area contributed by atoms with Crippen molar-refractivity contribution in [3.63, 3.8) is 0 Å². The summed E-state index contributed by atoms with van der Waals surface area (Å²) in [7, 11) is 0. The van der Waals surface area contributed by atoms with E-state index in [1.807, 2.05) is 12.1 Å². The first-order chi connectivity index (χ1) is 14.2. The number of nitriles is 1. The third-order valence-electron chi connectivity index (χ3n) is 5.58. The fourth-order valence-electron chi connectivity index (χ4n) is 4.29. The first-order valence-electron chi connectivity index (χ1n) is 9.96. The van der Waals surface area contributed by atoms with E-state index in [1.54, 1.807) is 24.3 Å². The average molecular weight is 442 g/mol. The Hall–Kier alpha value is -2.48. The van der Waals surface area contributed by atoms with Crippen LogP contribution in [0.4, 0.5) is 11.4 Å². The lowest BCUT2D eigenvalue weighted by Crippen LogP contribution is -2.48. The molecule has 2 aromatic rings. The molecule has 1 atom stereocenters. The van der Waals surface area contributed by atoms with Gasteiger partial charge >= 0.3 is 0 Å². The topological polar surface area (TPSA) is 56.1 Å². The molecule has 0 saturated heterocycles. The van der Waals surface area contributed by atoms with Crippen LogP contribution in [-0.2, 0) is 4.79 Å². The number of nitrogens with zero attached hydrogens (tertiary/aromatic N) is 2. The molecular formula is C24H25Cl2N3O. The minimum atomic E-state index is -0.510. The van der Waals surface area contributed by atoms with Crippen LogP contribution < -0.4 is 10.2 Å². The Morgan fingerprint density at radius 2 is 2.03 bits per heavy atom. The Bertz CT molecular complexity index is 1050. The summed E-state index contributed by atoms with van der Waals surface area (Å²) in [5, 5.41) is 13.0. The highest BCUT2D eigenvalue weighted by Crippen LogP contribution is 2.43. The van der Waals surface area contributed by atoms with Crippen LogP contribution in [-0.4, -0.2) is 18.0 Å². The maximum absolute atomic E-state index is 12.6. The summed E-state index contributed by atoms with van der Waals surface area (Å²) in [6.07, 6.45) is 2.66. The van der Waals surface area contributed by atoms with Crippen LogP contribution in [0, 0.1) is 11.3 Å². The van der Waals surface area contributed by atoms with Gasteiger partial charge < -0.3 is 10.2 Å². The van der Waals surface area contributed by atoms with E-state index in [-0.39, 0.29) is 11.1 Å². The molecule has 1 amide bonds. The lowest BCUT2D eigenvalue weighted by atomic mass is 9.79. The smallest absolute Gasteiger partial charge is 0.266 e. The summed E-state index contributed by atoms with van der Waals surface area (Å²) < 4.78 is 0. The lowest BCUT2D eigenvalue weighted by Gasteiger charge is -2.47. The van der Waals surface area contributed by atoms with E-state index >= 15 is 0 Å². The number of amides is 1.